The molecule has 0 fully saturated rings. The van der Waals surface area contributed by atoms with Gasteiger partial charge in [0.1, 0.15) is 5.82 Å². The summed E-state index contributed by atoms with van der Waals surface area (Å²) in [5.41, 5.74) is 16.3. The summed E-state index contributed by atoms with van der Waals surface area (Å²) in [6, 6.07) is 7.83. The van der Waals surface area contributed by atoms with E-state index in [-0.39, 0.29) is 6.04 Å². The van der Waals surface area contributed by atoms with Crippen LogP contribution in [0.5, 0.6) is 0 Å². The van der Waals surface area contributed by atoms with Crippen molar-refractivity contribution < 1.29 is 0 Å². The molecule has 0 spiro atoms. The van der Waals surface area contributed by atoms with Crippen LogP contribution in [0, 0.1) is 13.8 Å². The molecule has 1 unspecified atom stereocenters. The van der Waals surface area contributed by atoms with Crippen LogP contribution in [0.15, 0.2) is 34.9 Å². The first-order valence-corrected chi connectivity index (χ1v) is 6.52. The Labute approximate surface area is 115 Å². The molecule has 0 amide bonds. The number of anilines is 1. The molecule has 0 aliphatic heterocycles. The number of aryl methyl sites for hydroxylation is 2. The van der Waals surface area contributed by atoms with Gasteiger partial charge in [-0.15, -0.1) is 0 Å². The minimum atomic E-state index is -0.271. The smallest absolute Gasteiger partial charge is 0.128 e. The Kier molecular flexibility index (Phi) is 3.68. The van der Waals surface area contributed by atoms with E-state index < -0.39 is 0 Å². The van der Waals surface area contributed by atoms with Gasteiger partial charge < -0.3 is 11.5 Å². The number of hydrogen-bond acceptors (Lipinski definition) is 3. The van der Waals surface area contributed by atoms with Crippen molar-refractivity contribution in [1.29, 1.82) is 0 Å². The topological polar surface area (TPSA) is 64.9 Å². The molecule has 0 aliphatic carbocycles. The molecule has 94 valence electrons. The lowest BCUT2D eigenvalue weighted by molar-refractivity contribution is 0.859. The van der Waals surface area contributed by atoms with Crippen LogP contribution in [0.1, 0.15) is 28.3 Å². The Morgan fingerprint density at radius 3 is 2.50 bits per heavy atom. The molecule has 0 bridgehead atoms. The summed E-state index contributed by atoms with van der Waals surface area (Å²) >= 11 is 3.55. The maximum atomic E-state index is 6.29. The molecule has 4 N–H and O–H groups in total. The van der Waals surface area contributed by atoms with Gasteiger partial charge in [0.05, 0.1) is 6.04 Å². The highest BCUT2D eigenvalue weighted by Crippen LogP contribution is 2.30. The average Bonchev–Trinajstić information content (AvgIpc) is 2.31. The molecule has 2 rings (SSSR count). The predicted octanol–water partition coefficient (Wildman–Crippen LogP) is 3.09. The quantitative estimate of drug-likeness (QED) is 0.896. The zero-order valence-corrected chi connectivity index (χ0v) is 12.0. The van der Waals surface area contributed by atoms with Gasteiger partial charge in [0.25, 0.3) is 0 Å². The molecule has 0 saturated carbocycles. The first-order chi connectivity index (χ1) is 8.49. The Morgan fingerprint density at radius 1 is 1.11 bits per heavy atom. The van der Waals surface area contributed by atoms with Crippen molar-refractivity contribution >= 4 is 21.7 Å². The molecule has 0 radical (unpaired) electrons. The Bertz CT molecular complexity index is 581. The number of pyridine rings is 1. The van der Waals surface area contributed by atoms with Crippen LogP contribution in [-0.4, -0.2) is 4.98 Å². The minimum Gasteiger partial charge on any atom is -0.383 e. The number of halogens is 1. The van der Waals surface area contributed by atoms with Gasteiger partial charge in [-0.1, -0.05) is 28.1 Å². The zero-order valence-electron chi connectivity index (χ0n) is 10.4. The van der Waals surface area contributed by atoms with Crippen molar-refractivity contribution in [2.24, 2.45) is 5.73 Å². The van der Waals surface area contributed by atoms with E-state index in [2.05, 4.69) is 27.0 Å². The van der Waals surface area contributed by atoms with Crippen LogP contribution < -0.4 is 11.5 Å². The average molecular weight is 306 g/mol. The lowest BCUT2D eigenvalue weighted by atomic mass is 9.98. The Hall–Kier alpha value is -1.39. The summed E-state index contributed by atoms with van der Waals surface area (Å²) in [5.74, 6) is 0.487. The van der Waals surface area contributed by atoms with E-state index in [1.807, 2.05) is 32.0 Å². The fourth-order valence-corrected chi connectivity index (χ4v) is 2.64. The molecule has 1 atom stereocenters. The zero-order chi connectivity index (χ0) is 13.3. The molecule has 1 heterocycles. The predicted molar refractivity (Wildman–Crippen MR) is 78.3 cm³/mol. The summed E-state index contributed by atoms with van der Waals surface area (Å²) in [6.07, 6.45) is 1.75. The first kappa shape index (κ1) is 13.1. The number of benzene rings is 1. The van der Waals surface area contributed by atoms with Crippen LogP contribution in [-0.2, 0) is 0 Å². The standard InChI is InChI=1S/C14H16BrN3/c1-8-3-4-10(12(15)6-8)13(16)11-5-9(2)7-18-14(11)17/h3-7,13H,16H2,1-2H3,(H2,17,18). The number of nitrogen functional groups attached to an aromatic ring is 1. The van der Waals surface area contributed by atoms with E-state index in [1.54, 1.807) is 6.20 Å². The van der Waals surface area contributed by atoms with Crippen molar-refractivity contribution in [2.45, 2.75) is 19.9 Å². The second-order valence-corrected chi connectivity index (χ2v) is 5.34. The van der Waals surface area contributed by atoms with E-state index in [0.29, 0.717) is 5.82 Å². The van der Waals surface area contributed by atoms with Gasteiger partial charge in [-0.05, 0) is 42.7 Å². The molecule has 1 aromatic heterocycles. The Morgan fingerprint density at radius 2 is 1.83 bits per heavy atom. The van der Waals surface area contributed by atoms with E-state index in [4.69, 9.17) is 11.5 Å². The summed E-state index contributed by atoms with van der Waals surface area (Å²) in [7, 11) is 0. The monoisotopic (exact) mass is 305 g/mol. The van der Waals surface area contributed by atoms with E-state index in [1.165, 1.54) is 5.56 Å². The normalized spacial score (nSPS) is 12.4. The van der Waals surface area contributed by atoms with Gasteiger partial charge in [0, 0.05) is 16.2 Å². The summed E-state index contributed by atoms with van der Waals surface area (Å²) < 4.78 is 0.996. The number of aromatic nitrogens is 1. The highest BCUT2D eigenvalue weighted by molar-refractivity contribution is 9.10. The van der Waals surface area contributed by atoms with Crippen molar-refractivity contribution in [3.8, 4) is 0 Å². The second kappa shape index (κ2) is 5.08. The molecular formula is C14H16BrN3. The van der Waals surface area contributed by atoms with Crippen molar-refractivity contribution in [1.82, 2.24) is 4.98 Å². The van der Waals surface area contributed by atoms with Crippen LogP contribution in [0.25, 0.3) is 0 Å². The summed E-state index contributed by atoms with van der Waals surface area (Å²) in [6.45, 7) is 4.02. The fourth-order valence-electron chi connectivity index (χ4n) is 1.90. The molecular weight excluding hydrogens is 290 g/mol. The lowest BCUT2D eigenvalue weighted by Crippen LogP contribution is -2.15. The van der Waals surface area contributed by atoms with Gasteiger partial charge >= 0.3 is 0 Å². The van der Waals surface area contributed by atoms with Crippen molar-refractivity contribution in [2.75, 3.05) is 5.73 Å². The summed E-state index contributed by atoms with van der Waals surface area (Å²) in [4.78, 5) is 4.15. The molecule has 4 heteroatoms. The highest BCUT2D eigenvalue weighted by atomic mass is 79.9. The van der Waals surface area contributed by atoms with Crippen molar-refractivity contribution in [3.05, 3.63) is 57.2 Å². The van der Waals surface area contributed by atoms with Gasteiger partial charge in [0.15, 0.2) is 0 Å². The highest BCUT2D eigenvalue weighted by Gasteiger charge is 2.15. The summed E-state index contributed by atoms with van der Waals surface area (Å²) in [5, 5.41) is 0. The molecule has 3 nitrogen and oxygen atoms in total. The molecule has 18 heavy (non-hydrogen) atoms. The third-order valence-corrected chi connectivity index (χ3v) is 3.60. The minimum absolute atomic E-state index is 0.271. The van der Waals surface area contributed by atoms with E-state index in [9.17, 15) is 0 Å². The number of hydrogen-bond donors (Lipinski definition) is 2. The maximum absolute atomic E-state index is 6.29. The van der Waals surface area contributed by atoms with Crippen molar-refractivity contribution in [3.63, 3.8) is 0 Å². The van der Waals surface area contributed by atoms with Crippen LogP contribution in [0.3, 0.4) is 0 Å². The third kappa shape index (κ3) is 2.54. The number of nitrogens with zero attached hydrogens (tertiary/aromatic N) is 1. The molecule has 1 aromatic carbocycles. The van der Waals surface area contributed by atoms with Gasteiger partial charge in [-0.2, -0.15) is 0 Å². The molecule has 0 aliphatic rings. The van der Waals surface area contributed by atoms with Gasteiger partial charge in [-0.25, -0.2) is 4.98 Å². The number of rotatable bonds is 2. The lowest BCUT2D eigenvalue weighted by Gasteiger charge is -2.16. The molecule has 2 aromatic rings. The maximum Gasteiger partial charge on any atom is 0.128 e. The van der Waals surface area contributed by atoms with Gasteiger partial charge in [-0.3, -0.25) is 0 Å². The van der Waals surface area contributed by atoms with E-state index in [0.717, 1.165) is 21.2 Å². The van der Waals surface area contributed by atoms with Crippen LogP contribution in [0.2, 0.25) is 0 Å². The largest absolute Gasteiger partial charge is 0.383 e. The Balaban J connectivity index is 2.47. The van der Waals surface area contributed by atoms with Crippen LogP contribution >= 0.6 is 15.9 Å². The van der Waals surface area contributed by atoms with Gasteiger partial charge in [0.2, 0.25) is 0 Å². The van der Waals surface area contributed by atoms with E-state index >= 15 is 0 Å². The molecule has 0 saturated heterocycles. The fraction of sp³-hybridized carbons (Fsp3) is 0.214. The number of nitrogens with two attached hydrogens (primary N) is 2. The second-order valence-electron chi connectivity index (χ2n) is 4.49. The first-order valence-electron chi connectivity index (χ1n) is 5.72. The van der Waals surface area contributed by atoms with Crippen LogP contribution in [0.4, 0.5) is 5.82 Å². The third-order valence-electron chi connectivity index (χ3n) is 2.91. The SMILES string of the molecule is Cc1ccc(C(N)c2cc(C)cnc2N)c(Br)c1.